The second-order valence-electron chi connectivity index (χ2n) is 5.42. The minimum Gasteiger partial charge on any atom is -0.324 e. The molecule has 1 aromatic heterocycles. The van der Waals surface area contributed by atoms with Crippen LogP contribution in [0.15, 0.2) is 58.5 Å². The number of carbonyl (C=O) groups is 1. The van der Waals surface area contributed by atoms with Crippen LogP contribution in [0.4, 0.5) is 11.4 Å². The third-order valence-electron chi connectivity index (χ3n) is 3.69. The number of aromatic nitrogens is 2. The molecule has 1 amide bonds. The van der Waals surface area contributed by atoms with E-state index in [1.165, 1.54) is 29.1 Å². The van der Waals surface area contributed by atoms with Gasteiger partial charge in [0.1, 0.15) is 6.54 Å². The number of hydrogen-bond donors (Lipinski definition) is 1. The van der Waals surface area contributed by atoms with Crippen LogP contribution in [0.5, 0.6) is 0 Å². The van der Waals surface area contributed by atoms with Crippen molar-refractivity contribution in [2.45, 2.75) is 11.4 Å². The molecule has 1 N–H and O–H groups in total. The smallest absolute Gasteiger partial charge is 0.271 e. The number of benzene rings is 2. The fourth-order valence-electron chi connectivity index (χ4n) is 2.43. The fourth-order valence-corrected chi connectivity index (χ4v) is 2.89. The van der Waals surface area contributed by atoms with Crippen LogP contribution in [0, 0.1) is 10.1 Å². The number of thioether (sulfide) groups is 1. The van der Waals surface area contributed by atoms with E-state index in [4.69, 9.17) is 0 Å². The van der Waals surface area contributed by atoms with Crippen molar-refractivity contribution in [3.8, 4) is 0 Å². The van der Waals surface area contributed by atoms with Crippen LogP contribution in [-0.2, 0) is 11.3 Å². The van der Waals surface area contributed by atoms with Gasteiger partial charge in [0.25, 0.3) is 11.2 Å². The fraction of sp³-hybridized carbons (Fsp3) is 0.118. The van der Waals surface area contributed by atoms with Gasteiger partial charge in [-0.05, 0) is 30.5 Å². The van der Waals surface area contributed by atoms with Gasteiger partial charge >= 0.3 is 0 Å². The zero-order chi connectivity index (χ0) is 18.7. The molecule has 0 saturated carbocycles. The van der Waals surface area contributed by atoms with Gasteiger partial charge in [-0.3, -0.25) is 24.3 Å². The van der Waals surface area contributed by atoms with Crippen LogP contribution in [-0.4, -0.2) is 26.6 Å². The lowest BCUT2D eigenvalue weighted by atomic mass is 10.2. The molecule has 0 aliphatic rings. The maximum absolute atomic E-state index is 12.5. The van der Waals surface area contributed by atoms with Crippen molar-refractivity contribution in [2.24, 2.45) is 0 Å². The zero-order valence-corrected chi connectivity index (χ0v) is 14.5. The highest BCUT2D eigenvalue weighted by Gasteiger charge is 2.12. The SMILES string of the molecule is CSc1cccc(NC(=O)Cn2cnc3cc([N+](=O)[O-])ccc3c2=O)c1. The molecule has 0 radical (unpaired) electrons. The number of fused-ring (bicyclic) bond motifs is 1. The highest BCUT2D eigenvalue weighted by molar-refractivity contribution is 7.98. The Morgan fingerprint density at radius 3 is 2.85 bits per heavy atom. The first kappa shape index (κ1) is 17.6. The number of rotatable bonds is 5. The van der Waals surface area contributed by atoms with Gasteiger partial charge in [0.05, 0.1) is 22.2 Å². The van der Waals surface area contributed by atoms with Crippen molar-refractivity contribution < 1.29 is 9.72 Å². The molecule has 0 unspecified atom stereocenters. The molecule has 8 nitrogen and oxygen atoms in total. The number of anilines is 1. The summed E-state index contributed by atoms with van der Waals surface area (Å²) in [6.45, 7) is -0.206. The standard InChI is InChI=1S/C17H14N4O4S/c1-26-13-4-2-3-11(7-13)19-16(22)9-20-10-18-15-8-12(21(24)25)5-6-14(15)17(20)23/h2-8,10H,9H2,1H3,(H,19,22). The molecule has 26 heavy (non-hydrogen) atoms. The van der Waals surface area contributed by atoms with E-state index in [2.05, 4.69) is 10.3 Å². The van der Waals surface area contributed by atoms with E-state index >= 15 is 0 Å². The number of nitrogens with one attached hydrogen (secondary N) is 1. The number of carbonyl (C=O) groups excluding carboxylic acids is 1. The predicted octanol–water partition coefficient (Wildman–Crippen LogP) is 2.67. The normalized spacial score (nSPS) is 10.7. The number of nitro benzene ring substituents is 1. The number of amides is 1. The van der Waals surface area contributed by atoms with E-state index < -0.39 is 10.5 Å². The van der Waals surface area contributed by atoms with Crippen molar-refractivity contribution in [3.05, 3.63) is 69.3 Å². The molecule has 0 aliphatic carbocycles. The van der Waals surface area contributed by atoms with Crippen LogP contribution in [0.25, 0.3) is 10.9 Å². The third kappa shape index (κ3) is 3.72. The van der Waals surface area contributed by atoms with Crippen molar-refractivity contribution in [1.82, 2.24) is 9.55 Å². The number of hydrogen-bond acceptors (Lipinski definition) is 6. The topological polar surface area (TPSA) is 107 Å². The van der Waals surface area contributed by atoms with Gasteiger partial charge in [-0.25, -0.2) is 4.98 Å². The minimum absolute atomic E-state index is 0.145. The lowest BCUT2D eigenvalue weighted by Gasteiger charge is -2.09. The van der Waals surface area contributed by atoms with Crippen molar-refractivity contribution in [1.29, 1.82) is 0 Å². The van der Waals surface area contributed by atoms with Gasteiger partial charge in [0.2, 0.25) is 5.91 Å². The van der Waals surface area contributed by atoms with Gasteiger partial charge < -0.3 is 5.32 Å². The molecule has 9 heteroatoms. The predicted molar refractivity (Wildman–Crippen MR) is 99.5 cm³/mol. The van der Waals surface area contributed by atoms with Crippen molar-refractivity contribution >= 4 is 39.9 Å². The molecule has 0 aliphatic heterocycles. The summed E-state index contributed by atoms with van der Waals surface area (Å²) in [5, 5.41) is 13.8. The summed E-state index contributed by atoms with van der Waals surface area (Å²) in [7, 11) is 0. The molecule has 0 bridgehead atoms. The number of nitro groups is 1. The summed E-state index contributed by atoms with van der Waals surface area (Å²) in [6.07, 6.45) is 3.15. The first-order valence-corrected chi connectivity index (χ1v) is 8.78. The molecule has 3 rings (SSSR count). The molecule has 0 saturated heterocycles. The summed E-state index contributed by atoms with van der Waals surface area (Å²) in [4.78, 5) is 40.0. The summed E-state index contributed by atoms with van der Waals surface area (Å²) >= 11 is 1.56. The van der Waals surface area contributed by atoms with E-state index in [0.29, 0.717) is 5.69 Å². The van der Waals surface area contributed by atoms with Crippen LogP contribution in [0.1, 0.15) is 0 Å². The molecule has 132 valence electrons. The van der Waals surface area contributed by atoms with E-state index in [0.717, 1.165) is 4.90 Å². The first-order valence-electron chi connectivity index (χ1n) is 7.55. The average Bonchev–Trinajstić information content (AvgIpc) is 2.63. The molecule has 0 spiro atoms. The summed E-state index contributed by atoms with van der Waals surface area (Å²) in [5.74, 6) is -0.367. The number of nitrogens with zero attached hydrogens (tertiary/aromatic N) is 3. The lowest BCUT2D eigenvalue weighted by Crippen LogP contribution is -2.27. The molecule has 0 atom stereocenters. The summed E-state index contributed by atoms with van der Waals surface area (Å²) in [5.41, 5.74) is 0.277. The van der Waals surface area contributed by atoms with Gasteiger partial charge in [-0.15, -0.1) is 11.8 Å². The molecule has 0 fully saturated rings. The van der Waals surface area contributed by atoms with Crippen molar-refractivity contribution in [3.63, 3.8) is 0 Å². The van der Waals surface area contributed by atoms with E-state index in [1.807, 2.05) is 24.5 Å². The summed E-state index contributed by atoms with van der Waals surface area (Å²) in [6, 6.07) is 11.2. The molecular formula is C17H14N4O4S. The average molecular weight is 370 g/mol. The van der Waals surface area contributed by atoms with E-state index in [9.17, 15) is 19.7 Å². The Kier molecular flexibility index (Phi) is 4.99. The second-order valence-corrected chi connectivity index (χ2v) is 6.30. The Morgan fingerprint density at radius 1 is 1.31 bits per heavy atom. The van der Waals surface area contributed by atoms with Crippen LogP contribution < -0.4 is 10.9 Å². The third-order valence-corrected chi connectivity index (χ3v) is 4.41. The van der Waals surface area contributed by atoms with E-state index in [-0.39, 0.29) is 29.0 Å². The second kappa shape index (κ2) is 7.36. The Bertz CT molecular complexity index is 1060. The van der Waals surface area contributed by atoms with Crippen LogP contribution in [0.3, 0.4) is 0 Å². The number of non-ortho nitro benzene ring substituents is 1. The Labute approximate surface area is 152 Å². The van der Waals surface area contributed by atoms with Crippen molar-refractivity contribution in [2.75, 3.05) is 11.6 Å². The quantitative estimate of drug-likeness (QED) is 0.420. The maximum Gasteiger partial charge on any atom is 0.271 e. The highest BCUT2D eigenvalue weighted by Crippen LogP contribution is 2.19. The summed E-state index contributed by atoms with van der Waals surface area (Å²) < 4.78 is 1.17. The van der Waals surface area contributed by atoms with Gasteiger partial charge in [0, 0.05) is 22.7 Å². The van der Waals surface area contributed by atoms with Crippen LogP contribution in [0.2, 0.25) is 0 Å². The Hall–Kier alpha value is -3.20. The first-order chi connectivity index (χ1) is 12.5. The van der Waals surface area contributed by atoms with E-state index in [1.54, 1.807) is 17.8 Å². The van der Waals surface area contributed by atoms with Gasteiger partial charge in [-0.2, -0.15) is 0 Å². The lowest BCUT2D eigenvalue weighted by molar-refractivity contribution is -0.384. The molecule has 3 aromatic rings. The Balaban J connectivity index is 1.83. The minimum atomic E-state index is -0.553. The Morgan fingerprint density at radius 2 is 2.12 bits per heavy atom. The molecule has 2 aromatic carbocycles. The highest BCUT2D eigenvalue weighted by atomic mass is 32.2. The molecular weight excluding hydrogens is 356 g/mol. The monoisotopic (exact) mass is 370 g/mol. The molecule has 1 heterocycles. The van der Waals surface area contributed by atoms with Gasteiger partial charge in [-0.1, -0.05) is 6.07 Å². The van der Waals surface area contributed by atoms with Gasteiger partial charge in [0.15, 0.2) is 0 Å². The maximum atomic E-state index is 12.5. The zero-order valence-electron chi connectivity index (χ0n) is 13.7. The largest absolute Gasteiger partial charge is 0.324 e. The van der Waals surface area contributed by atoms with Crippen LogP contribution >= 0.6 is 11.8 Å².